The Kier molecular flexibility index (Phi) is 49.2. The van der Waals surface area contributed by atoms with E-state index in [1.807, 2.05) is 12.2 Å². The van der Waals surface area contributed by atoms with E-state index in [0.29, 0.717) is 25.7 Å². The molecule has 0 amide bonds. The average Bonchev–Trinajstić information content (AvgIpc) is 3.42. The molecule has 12 nitrogen and oxygen atoms in total. The highest BCUT2D eigenvalue weighted by Gasteiger charge is 2.50. The molecule has 1 rings (SSSR count). The van der Waals surface area contributed by atoms with E-state index in [9.17, 15) is 34.5 Å². The molecule has 0 aromatic rings. The first-order valence-corrected chi connectivity index (χ1v) is 31.3. The van der Waals surface area contributed by atoms with Crippen LogP contribution < -0.4 is 0 Å². The molecule has 77 heavy (non-hydrogen) atoms. The zero-order chi connectivity index (χ0) is 56.1. The summed E-state index contributed by atoms with van der Waals surface area (Å²) in [4.78, 5) is 51.1. The number of carboxylic acids is 1. The molecule has 0 aliphatic carbocycles. The minimum atomic E-state index is -1.91. The fraction of sp³-hybridized carbons (Fsp3) is 0.785. The van der Waals surface area contributed by atoms with Crippen molar-refractivity contribution in [1.82, 2.24) is 0 Å². The van der Waals surface area contributed by atoms with Crippen LogP contribution in [0.5, 0.6) is 0 Å². The molecule has 0 saturated carbocycles. The van der Waals surface area contributed by atoms with E-state index < -0.39 is 67.3 Å². The number of carbonyl (C=O) groups is 4. The molecule has 6 unspecified atom stereocenters. The van der Waals surface area contributed by atoms with Crippen LogP contribution in [-0.2, 0) is 42.9 Å². The molecule has 0 bridgehead atoms. The van der Waals surface area contributed by atoms with Crippen LogP contribution in [0.3, 0.4) is 0 Å². The molecule has 3 N–H and O–H groups in total. The number of carboxylic acid groups (broad SMARTS) is 1. The summed E-state index contributed by atoms with van der Waals surface area (Å²) in [6.07, 6.45) is 53.5. The van der Waals surface area contributed by atoms with Gasteiger partial charge in [0.2, 0.25) is 0 Å². The van der Waals surface area contributed by atoms with Gasteiger partial charge in [-0.15, -0.1) is 0 Å². The molecular formula is C65H112O12. The van der Waals surface area contributed by atoms with Crippen molar-refractivity contribution in [1.29, 1.82) is 0 Å². The first-order valence-electron chi connectivity index (χ1n) is 31.3. The standard InChI is InChI=1S/C65H112O12/c1-4-7-10-13-16-19-22-25-27-28-29-30-32-34-36-39-42-45-48-51-57(66)73-54-56(75-58(67)52-49-46-43-40-37-33-24-21-18-15-12-9-6-3)55-74-65-63(61(70)60(69)62(77-65)64(71)72)76-59(68)53-50-47-44-41-38-35-31-26-23-20-17-14-11-8-5-2/h9,12,18,21,26,31,33,37,43,46,56,60-63,65,69-70H,4-8,10-11,13-17,19-20,22-25,27-30,32,34-36,38-42,44-45,47-55H2,1-3H3,(H,71,72)/b12-9-,21-18-,31-26-,37-33-,46-43-. The number of aliphatic hydroxyl groups excluding tert-OH is 2. The quantitative estimate of drug-likeness (QED) is 0.0228. The number of allylic oxidation sites excluding steroid dienone is 10. The lowest BCUT2D eigenvalue weighted by atomic mass is 9.98. The summed E-state index contributed by atoms with van der Waals surface area (Å²) in [5.41, 5.74) is 0. The van der Waals surface area contributed by atoms with Gasteiger partial charge in [0.1, 0.15) is 18.8 Å². The van der Waals surface area contributed by atoms with Gasteiger partial charge < -0.3 is 39.0 Å². The van der Waals surface area contributed by atoms with Crippen LogP contribution in [0, 0.1) is 0 Å². The summed E-state index contributed by atoms with van der Waals surface area (Å²) < 4.78 is 28.4. The van der Waals surface area contributed by atoms with Crippen molar-refractivity contribution in [3.63, 3.8) is 0 Å². The minimum absolute atomic E-state index is 0.0422. The number of carbonyl (C=O) groups excluding carboxylic acids is 3. The molecular weight excluding hydrogens is 973 g/mol. The summed E-state index contributed by atoms with van der Waals surface area (Å²) in [7, 11) is 0. The van der Waals surface area contributed by atoms with E-state index in [4.69, 9.17) is 23.7 Å². The third-order valence-electron chi connectivity index (χ3n) is 14.1. The maximum atomic E-state index is 13.1. The van der Waals surface area contributed by atoms with Crippen LogP contribution in [0.1, 0.15) is 278 Å². The zero-order valence-electron chi connectivity index (χ0n) is 49.0. The van der Waals surface area contributed by atoms with Gasteiger partial charge in [0, 0.05) is 19.3 Å². The molecule has 12 heteroatoms. The van der Waals surface area contributed by atoms with E-state index in [1.54, 1.807) is 0 Å². The van der Waals surface area contributed by atoms with Crippen molar-refractivity contribution < 1.29 is 58.2 Å². The van der Waals surface area contributed by atoms with Crippen LogP contribution in [0.15, 0.2) is 60.8 Å². The Labute approximate surface area is 468 Å². The van der Waals surface area contributed by atoms with Crippen LogP contribution in [0.4, 0.5) is 0 Å². The lowest BCUT2D eigenvalue weighted by Gasteiger charge is -2.40. The maximum Gasteiger partial charge on any atom is 0.335 e. The zero-order valence-corrected chi connectivity index (χ0v) is 49.0. The van der Waals surface area contributed by atoms with Gasteiger partial charge in [-0.25, -0.2) is 4.79 Å². The minimum Gasteiger partial charge on any atom is -0.479 e. The Bertz CT molecular complexity index is 1570. The topological polar surface area (TPSA) is 175 Å². The Balaban J connectivity index is 2.67. The van der Waals surface area contributed by atoms with Crippen LogP contribution in [0.2, 0.25) is 0 Å². The number of hydrogen-bond donors (Lipinski definition) is 3. The SMILES string of the molecule is CC/C=C\C/C=C\C/C=C\C/C=C\CCC(=O)OC(COC(=O)CCCCCCCCCCCCCCCCCCCCC)COC1OC(C(=O)O)C(O)C(O)C1OC(=O)CCCCCCC/C=C\CCCCCCCC. The van der Waals surface area contributed by atoms with E-state index in [2.05, 4.69) is 69.4 Å². The third-order valence-corrected chi connectivity index (χ3v) is 14.1. The van der Waals surface area contributed by atoms with Gasteiger partial charge >= 0.3 is 23.9 Å². The molecule has 6 atom stereocenters. The number of esters is 3. The van der Waals surface area contributed by atoms with Gasteiger partial charge in [-0.3, -0.25) is 14.4 Å². The lowest BCUT2D eigenvalue weighted by Crippen LogP contribution is -2.61. The lowest BCUT2D eigenvalue weighted by molar-refractivity contribution is -0.301. The number of aliphatic carboxylic acids is 1. The van der Waals surface area contributed by atoms with Gasteiger partial charge in [-0.2, -0.15) is 0 Å². The highest BCUT2D eigenvalue weighted by atomic mass is 16.7. The Morgan fingerprint density at radius 3 is 1.30 bits per heavy atom. The van der Waals surface area contributed by atoms with E-state index >= 15 is 0 Å². The molecule has 0 radical (unpaired) electrons. The van der Waals surface area contributed by atoms with Crippen LogP contribution >= 0.6 is 0 Å². The molecule has 444 valence electrons. The van der Waals surface area contributed by atoms with Crippen molar-refractivity contribution in [2.45, 2.75) is 314 Å². The van der Waals surface area contributed by atoms with Crippen LogP contribution in [0.25, 0.3) is 0 Å². The number of unbranched alkanes of at least 4 members (excludes halogenated alkanes) is 29. The molecule has 1 saturated heterocycles. The van der Waals surface area contributed by atoms with Crippen molar-refractivity contribution in [2.75, 3.05) is 13.2 Å². The summed E-state index contributed by atoms with van der Waals surface area (Å²) in [6.45, 7) is 5.83. The van der Waals surface area contributed by atoms with Crippen molar-refractivity contribution in [3.8, 4) is 0 Å². The van der Waals surface area contributed by atoms with E-state index in [1.165, 1.54) is 135 Å². The molecule has 1 fully saturated rings. The fourth-order valence-electron chi connectivity index (χ4n) is 9.32. The van der Waals surface area contributed by atoms with Gasteiger partial charge in [0.25, 0.3) is 0 Å². The maximum absolute atomic E-state index is 13.1. The fourth-order valence-corrected chi connectivity index (χ4v) is 9.32. The summed E-state index contributed by atoms with van der Waals surface area (Å²) in [6, 6.07) is 0. The van der Waals surface area contributed by atoms with Crippen molar-refractivity contribution in [2.24, 2.45) is 0 Å². The Morgan fingerprint density at radius 2 is 0.844 bits per heavy atom. The van der Waals surface area contributed by atoms with Gasteiger partial charge in [0.15, 0.2) is 24.6 Å². The molecule has 1 heterocycles. The second kappa shape index (κ2) is 53.1. The summed E-state index contributed by atoms with van der Waals surface area (Å²) in [5, 5.41) is 31.5. The first kappa shape index (κ1) is 71.4. The average molecular weight is 1090 g/mol. The Hall–Kier alpha value is -3.58. The first-order chi connectivity index (χ1) is 37.6. The number of aliphatic hydroxyl groups is 2. The summed E-state index contributed by atoms with van der Waals surface area (Å²) in [5.74, 6) is -3.22. The highest BCUT2D eigenvalue weighted by Crippen LogP contribution is 2.26. The monoisotopic (exact) mass is 1080 g/mol. The van der Waals surface area contributed by atoms with Gasteiger partial charge in [-0.1, -0.05) is 248 Å². The van der Waals surface area contributed by atoms with Crippen LogP contribution in [-0.4, -0.2) is 89.2 Å². The number of ether oxygens (including phenoxy) is 5. The Morgan fingerprint density at radius 1 is 0.442 bits per heavy atom. The van der Waals surface area contributed by atoms with Crippen molar-refractivity contribution >= 4 is 23.9 Å². The predicted octanol–water partition coefficient (Wildman–Crippen LogP) is 16.3. The van der Waals surface area contributed by atoms with E-state index in [-0.39, 0.29) is 25.9 Å². The molecule has 0 aromatic carbocycles. The molecule has 0 aromatic heterocycles. The van der Waals surface area contributed by atoms with Gasteiger partial charge in [0.05, 0.1) is 6.61 Å². The largest absolute Gasteiger partial charge is 0.479 e. The highest BCUT2D eigenvalue weighted by molar-refractivity contribution is 5.74. The number of hydrogen-bond acceptors (Lipinski definition) is 11. The second-order valence-electron chi connectivity index (χ2n) is 21.3. The van der Waals surface area contributed by atoms with E-state index in [0.717, 1.165) is 77.0 Å². The normalized spacial score (nSPS) is 18.4. The molecule has 0 spiro atoms. The molecule has 1 aliphatic heterocycles. The third kappa shape index (κ3) is 43.0. The number of rotatable bonds is 53. The second-order valence-corrected chi connectivity index (χ2v) is 21.3. The predicted molar refractivity (Wildman–Crippen MR) is 312 cm³/mol. The smallest absolute Gasteiger partial charge is 0.335 e. The van der Waals surface area contributed by atoms with Gasteiger partial charge in [-0.05, 0) is 70.6 Å². The molecule has 1 aliphatic rings. The summed E-state index contributed by atoms with van der Waals surface area (Å²) >= 11 is 0. The van der Waals surface area contributed by atoms with Crippen molar-refractivity contribution in [3.05, 3.63) is 60.8 Å².